The third kappa shape index (κ3) is 3.89. The number of fused-ring (bicyclic) bond motifs is 1. The maximum absolute atomic E-state index is 9.96. The number of rotatable bonds is 7. The van der Waals surface area contributed by atoms with Crippen LogP contribution in [0.3, 0.4) is 0 Å². The van der Waals surface area contributed by atoms with Crippen LogP contribution < -0.4 is 0 Å². The van der Waals surface area contributed by atoms with Gasteiger partial charge in [0.15, 0.2) is 11.5 Å². The minimum absolute atomic E-state index is 0.0164. The summed E-state index contributed by atoms with van der Waals surface area (Å²) in [5.41, 5.74) is 2.03. The molecule has 1 unspecified atom stereocenters. The molecule has 0 saturated carbocycles. The van der Waals surface area contributed by atoms with Gasteiger partial charge in [-0.1, -0.05) is 26.3 Å². The third-order valence-electron chi connectivity index (χ3n) is 4.14. The van der Waals surface area contributed by atoms with Gasteiger partial charge < -0.3 is 10.2 Å². The summed E-state index contributed by atoms with van der Waals surface area (Å²) in [6.07, 6.45) is 5.92. The van der Waals surface area contributed by atoms with E-state index in [9.17, 15) is 10.2 Å². The quantitative estimate of drug-likeness (QED) is 0.597. The fourth-order valence-corrected chi connectivity index (χ4v) is 2.92. The van der Waals surface area contributed by atoms with E-state index in [0.29, 0.717) is 6.04 Å². The molecule has 2 rings (SSSR count). The monoisotopic (exact) mass is 293 g/mol. The van der Waals surface area contributed by atoms with Gasteiger partial charge in [-0.05, 0) is 43.7 Å². The molecule has 1 aromatic rings. The van der Waals surface area contributed by atoms with Gasteiger partial charge in [-0.3, -0.25) is 4.84 Å². The average Bonchev–Trinajstić information content (AvgIpc) is 2.51. The van der Waals surface area contributed by atoms with Crippen LogP contribution in [-0.4, -0.2) is 34.5 Å². The van der Waals surface area contributed by atoms with Gasteiger partial charge in [0, 0.05) is 18.2 Å². The molecule has 4 nitrogen and oxygen atoms in total. The minimum Gasteiger partial charge on any atom is -0.504 e. The lowest BCUT2D eigenvalue weighted by atomic mass is 9.87. The van der Waals surface area contributed by atoms with E-state index >= 15 is 0 Å². The van der Waals surface area contributed by atoms with Crippen molar-refractivity contribution in [2.24, 2.45) is 0 Å². The molecule has 0 amide bonds. The van der Waals surface area contributed by atoms with Crippen molar-refractivity contribution in [3.05, 3.63) is 23.3 Å². The summed E-state index contributed by atoms with van der Waals surface area (Å²) in [7, 11) is 0. The Bertz CT molecular complexity index is 454. The van der Waals surface area contributed by atoms with Crippen LogP contribution in [0, 0.1) is 0 Å². The fraction of sp³-hybridized carbons (Fsp3) is 0.647. The number of aromatic hydroxyl groups is 2. The Labute approximate surface area is 127 Å². The van der Waals surface area contributed by atoms with Gasteiger partial charge in [-0.25, -0.2) is 0 Å². The summed E-state index contributed by atoms with van der Waals surface area (Å²) >= 11 is 0. The second kappa shape index (κ2) is 7.66. The van der Waals surface area contributed by atoms with Crippen molar-refractivity contribution in [3.63, 3.8) is 0 Å². The maximum atomic E-state index is 9.96. The van der Waals surface area contributed by atoms with Gasteiger partial charge in [0.2, 0.25) is 0 Å². The Hall–Kier alpha value is -1.26. The van der Waals surface area contributed by atoms with E-state index in [2.05, 4.69) is 18.9 Å². The first-order chi connectivity index (χ1) is 10.2. The maximum Gasteiger partial charge on any atom is 0.160 e. The van der Waals surface area contributed by atoms with Crippen LogP contribution in [-0.2, 0) is 17.7 Å². The van der Waals surface area contributed by atoms with E-state index in [4.69, 9.17) is 4.84 Å². The van der Waals surface area contributed by atoms with Crippen molar-refractivity contribution in [1.82, 2.24) is 5.06 Å². The Morgan fingerprint density at radius 1 is 1.24 bits per heavy atom. The molecule has 1 aliphatic carbocycles. The van der Waals surface area contributed by atoms with Gasteiger partial charge in [0.1, 0.15) is 0 Å². The van der Waals surface area contributed by atoms with Crippen molar-refractivity contribution in [3.8, 4) is 11.5 Å². The van der Waals surface area contributed by atoms with Crippen LogP contribution in [0.4, 0.5) is 0 Å². The Morgan fingerprint density at radius 2 is 2.05 bits per heavy atom. The number of hydrogen-bond donors (Lipinski definition) is 2. The van der Waals surface area contributed by atoms with E-state index in [0.717, 1.165) is 62.8 Å². The normalized spacial score (nSPS) is 18.0. The molecule has 4 heteroatoms. The summed E-state index contributed by atoms with van der Waals surface area (Å²) in [6.45, 7) is 6.03. The zero-order chi connectivity index (χ0) is 15.2. The Balaban J connectivity index is 2.08. The second-order valence-corrected chi connectivity index (χ2v) is 5.80. The highest BCUT2D eigenvalue weighted by molar-refractivity contribution is 5.50. The molecule has 0 fully saturated rings. The van der Waals surface area contributed by atoms with Crippen molar-refractivity contribution in [1.29, 1.82) is 0 Å². The molecule has 118 valence electrons. The first-order valence-corrected chi connectivity index (χ1v) is 8.09. The average molecular weight is 293 g/mol. The van der Waals surface area contributed by atoms with Crippen molar-refractivity contribution in [2.75, 3.05) is 13.2 Å². The Kier molecular flexibility index (Phi) is 5.88. The number of hydrogen-bond acceptors (Lipinski definition) is 4. The predicted molar refractivity (Wildman–Crippen MR) is 83.4 cm³/mol. The summed E-state index contributed by atoms with van der Waals surface area (Å²) in [4.78, 5) is 5.92. The van der Waals surface area contributed by atoms with Gasteiger partial charge in [-0.15, -0.1) is 0 Å². The number of benzene rings is 1. The summed E-state index contributed by atoms with van der Waals surface area (Å²) in [5, 5.41) is 21.7. The number of phenols is 2. The predicted octanol–water partition coefficient (Wildman–Crippen LogP) is 3.40. The van der Waals surface area contributed by atoms with Crippen LogP contribution in [0.15, 0.2) is 12.1 Å². The van der Waals surface area contributed by atoms with E-state index in [1.54, 1.807) is 6.07 Å². The molecule has 0 saturated heterocycles. The highest BCUT2D eigenvalue weighted by atomic mass is 16.7. The molecule has 0 aromatic heterocycles. The summed E-state index contributed by atoms with van der Waals surface area (Å²) in [5.74, 6) is 0.0396. The number of unbranched alkanes of at least 4 members (excludes halogenated alkanes) is 1. The summed E-state index contributed by atoms with van der Waals surface area (Å²) < 4.78 is 0. The molecule has 1 aliphatic rings. The standard InChI is InChI=1S/C17H27NO3/c1-3-5-10-18(21-11-4-2)14-7-8-15-13(12-14)6-9-16(19)17(15)20/h6,9,14,19-20H,3-5,7-8,10-12H2,1-2H3. The van der Waals surface area contributed by atoms with Gasteiger partial charge in [0.25, 0.3) is 0 Å². The third-order valence-corrected chi connectivity index (χ3v) is 4.14. The largest absolute Gasteiger partial charge is 0.504 e. The summed E-state index contributed by atoms with van der Waals surface area (Å²) in [6, 6.07) is 3.87. The molecule has 1 atom stereocenters. The second-order valence-electron chi connectivity index (χ2n) is 5.80. The van der Waals surface area contributed by atoms with Crippen molar-refractivity contribution < 1.29 is 15.1 Å². The molecule has 0 aliphatic heterocycles. The zero-order valence-electron chi connectivity index (χ0n) is 13.1. The lowest BCUT2D eigenvalue weighted by Gasteiger charge is -2.34. The molecular weight excluding hydrogens is 266 g/mol. The SMILES string of the molecule is CCCCN(OCCC)C1CCc2c(ccc(O)c2O)C1. The van der Waals surface area contributed by atoms with Crippen LogP contribution in [0.5, 0.6) is 11.5 Å². The fourth-order valence-electron chi connectivity index (χ4n) is 2.92. The van der Waals surface area contributed by atoms with Gasteiger partial charge >= 0.3 is 0 Å². The van der Waals surface area contributed by atoms with E-state index in [1.165, 1.54) is 0 Å². The van der Waals surface area contributed by atoms with Crippen molar-refractivity contribution in [2.45, 2.75) is 58.4 Å². The van der Waals surface area contributed by atoms with E-state index < -0.39 is 0 Å². The number of hydroxylamine groups is 2. The minimum atomic E-state index is -0.0164. The van der Waals surface area contributed by atoms with Crippen LogP contribution in [0.2, 0.25) is 0 Å². The lowest BCUT2D eigenvalue weighted by Crippen LogP contribution is -2.40. The Morgan fingerprint density at radius 3 is 2.76 bits per heavy atom. The lowest BCUT2D eigenvalue weighted by molar-refractivity contribution is -0.189. The van der Waals surface area contributed by atoms with E-state index in [1.807, 2.05) is 6.07 Å². The molecular formula is C17H27NO3. The molecule has 0 heterocycles. The number of nitrogens with zero attached hydrogens (tertiary/aromatic N) is 1. The van der Waals surface area contributed by atoms with Crippen LogP contribution >= 0.6 is 0 Å². The molecule has 2 N–H and O–H groups in total. The number of phenolic OH excluding ortho intramolecular Hbond substituents is 2. The smallest absolute Gasteiger partial charge is 0.160 e. The molecule has 0 radical (unpaired) electrons. The zero-order valence-corrected chi connectivity index (χ0v) is 13.1. The van der Waals surface area contributed by atoms with E-state index in [-0.39, 0.29) is 11.5 Å². The first-order valence-electron chi connectivity index (χ1n) is 8.09. The highest BCUT2D eigenvalue weighted by Crippen LogP contribution is 2.36. The van der Waals surface area contributed by atoms with Gasteiger partial charge in [0.05, 0.1) is 6.61 Å². The molecule has 1 aromatic carbocycles. The van der Waals surface area contributed by atoms with Crippen LogP contribution in [0.1, 0.15) is 50.7 Å². The van der Waals surface area contributed by atoms with Crippen molar-refractivity contribution >= 4 is 0 Å². The first kappa shape index (κ1) is 16.1. The molecule has 0 bridgehead atoms. The molecule has 0 spiro atoms. The highest BCUT2D eigenvalue weighted by Gasteiger charge is 2.27. The van der Waals surface area contributed by atoms with Gasteiger partial charge in [-0.2, -0.15) is 5.06 Å². The molecule has 21 heavy (non-hydrogen) atoms. The van der Waals surface area contributed by atoms with Crippen LogP contribution in [0.25, 0.3) is 0 Å². The topological polar surface area (TPSA) is 52.9 Å².